The molecule has 1 saturated carbocycles. The van der Waals surface area contributed by atoms with E-state index in [4.69, 9.17) is 18.9 Å². The third kappa shape index (κ3) is 9.65. The van der Waals surface area contributed by atoms with Gasteiger partial charge in [-0.1, -0.05) is 103 Å². The van der Waals surface area contributed by atoms with Crippen molar-refractivity contribution in [3.05, 3.63) is 167 Å². The number of rotatable bonds is 12. The lowest BCUT2D eigenvalue weighted by molar-refractivity contribution is -0.291. The summed E-state index contributed by atoms with van der Waals surface area (Å²) in [6, 6.07) is 18.1. The van der Waals surface area contributed by atoms with Crippen molar-refractivity contribution in [1.82, 2.24) is 21.3 Å². The second kappa shape index (κ2) is 17.7. The van der Waals surface area contributed by atoms with Crippen molar-refractivity contribution in [2.75, 3.05) is 0 Å². The molecule has 0 radical (unpaired) electrons. The molecular weight excluding hydrogens is 789 g/mol. The second-order valence-corrected chi connectivity index (χ2v) is 14.8. The van der Waals surface area contributed by atoms with Gasteiger partial charge < -0.3 is 50.4 Å². The number of ether oxygens (including phenoxy) is 4. The van der Waals surface area contributed by atoms with Gasteiger partial charge in [-0.3, -0.25) is 9.59 Å². The Labute approximate surface area is 350 Å². The number of esters is 4. The number of aliphatic hydroxyl groups excluding tert-OH is 2. The summed E-state index contributed by atoms with van der Waals surface area (Å²) >= 11 is 0. The lowest BCUT2D eigenvalue weighted by atomic mass is 9.87. The lowest BCUT2D eigenvalue weighted by Gasteiger charge is -2.45. The summed E-state index contributed by atoms with van der Waals surface area (Å²) in [5.74, 6) is -8.12. The van der Waals surface area contributed by atoms with Crippen molar-refractivity contribution in [2.45, 2.75) is 69.4 Å². The molecule has 16 nitrogen and oxygen atoms in total. The maximum Gasteiger partial charge on any atom is 0.348 e. The highest BCUT2D eigenvalue weighted by molar-refractivity contribution is 6.16. The summed E-state index contributed by atoms with van der Waals surface area (Å²) in [7, 11) is 0. The SMILES string of the molecule is CC(/C=C/C=C/C=C1C(=O)OC2(CCC3(CC2)OC(=O)C(=C/C=C/C=C/C2=C(O)NC(C)(c4ccccc4)NC2=O)C(=O)O3)OC1=O)=C(/O)NC(C)(NC=O)c1ccccc1. The smallest absolute Gasteiger partial charge is 0.348 e. The summed E-state index contributed by atoms with van der Waals surface area (Å²) in [4.78, 5) is 75.9. The van der Waals surface area contributed by atoms with Gasteiger partial charge in [0.05, 0.1) is 5.57 Å². The number of aliphatic hydroxyl groups is 2. The van der Waals surface area contributed by atoms with Crippen LogP contribution in [0.25, 0.3) is 0 Å². The van der Waals surface area contributed by atoms with E-state index in [9.17, 15) is 39.0 Å². The van der Waals surface area contributed by atoms with Gasteiger partial charge >= 0.3 is 23.9 Å². The van der Waals surface area contributed by atoms with Crippen molar-refractivity contribution in [3.63, 3.8) is 0 Å². The Morgan fingerprint density at radius 1 is 0.721 bits per heavy atom. The number of benzene rings is 2. The number of hydrogen-bond acceptors (Lipinski definition) is 14. The van der Waals surface area contributed by atoms with Crippen LogP contribution in [0, 0.1) is 0 Å². The largest absolute Gasteiger partial charge is 0.495 e. The Bertz CT molecular complexity index is 2310. The molecule has 0 bridgehead atoms. The Morgan fingerprint density at radius 3 is 1.70 bits per heavy atom. The minimum absolute atomic E-state index is 0.0314. The first-order valence-corrected chi connectivity index (χ1v) is 19.2. The van der Waals surface area contributed by atoms with Crippen LogP contribution in [0.1, 0.15) is 57.6 Å². The summed E-state index contributed by atoms with van der Waals surface area (Å²) in [6.07, 6.45) is 14.1. The summed E-state index contributed by atoms with van der Waals surface area (Å²) < 4.78 is 22.2. The van der Waals surface area contributed by atoms with E-state index in [1.165, 1.54) is 48.6 Å². The van der Waals surface area contributed by atoms with E-state index in [0.29, 0.717) is 17.5 Å². The molecule has 6 rings (SSSR count). The number of nitrogens with one attached hydrogen (secondary N) is 4. The van der Waals surface area contributed by atoms with Gasteiger partial charge in [-0.05, 0) is 50.1 Å². The van der Waals surface area contributed by atoms with E-state index < -0.39 is 52.7 Å². The molecule has 2 spiro atoms. The molecule has 316 valence electrons. The summed E-state index contributed by atoms with van der Waals surface area (Å²) in [5, 5.41) is 32.5. The van der Waals surface area contributed by atoms with Crippen LogP contribution in [-0.4, -0.2) is 58.0 Å². The van der Waals surface area contributed by atoms with E-state index in [2.05, 4.69) is 21.3 Å². The number of allylic oxidation sites excluding steroid dienone is 10. The topological polar surface area (TPSA) is 228 Å². The maximum absolute atomic E-state index is 13.0. The van der Waals surface area contributed by atoms with Gasteiger partial charge in [-0.15, -0.1) is 0 Å². The van der Waals surface area contributed by atoms with Gasteiger partial charge in [0.2, 0.25) is 6.41 Å². The molecule has 3 heterocycles. The van der Waals surface area contributed by atoms with Crippen LogP contribution in [0.4, 0.5) is 0 Å². The minimum atomic E-state index is -1.66. The molecular formula is C45H44N4O12. The third-order valence-corrected chi connectivity index (χ3v) is 10.4. The minimum Gasteiger partial charge on any atom is -0.495 e. The van der Waals surface area contributed by atoms with Crippen molar-refractivity contribution >= 4 is 36.2 Å². The van der Waals surface area contributed by atoms with Gasteiger partial charge in [0.15, 0.2) is 11.8 Å². The zero-order chi connectivity index (χ0) is 43.8. The highest BCUT2D eigenvalue weighted by atomic mass is 16.8. The Hall–Kier alpha value is -7.62. The van der Waals surface area contributed by atoms with Crippen LogP contribution in [-0.2, 0) is 59.0 Å². The predicted molar refractivity (Wildman–Crippen MR) is 217 cm³/mol. The molecule has 3 fully saturated rings. The molecule has 2 aromatic rings. The molecule has 61 heavy (non-hydrogen) atoms. The average Bonchev–Trinajstić information content (AvgIpc) is 3.22. The fraction of sp³-hybridized carbons (Fsp3) is 0.244. The molecule has 4 aliphatic rings. The Morgan fingerprint density at radius 2 is 1.21 bits per heavy atom. The van der Waals surface area contributed by atoms with E-state index in [-0.39, 0.29) is 54.2 Å². The van der Waals surface area contributed by atoms with E-state index in [1.54, 1.807) is 69.3 Å². The van der Waals surface area contributed by atoms with Crippen LogP contribution < -0.4 is 21.3 Å². The fourth-order valence-corrected chi connectivity index (χ4v) is 6.88. The Kier molecular flexibility index (Phi) is 12.5. The molecule has 0 aromatic heterocycles. The molecule has 2 unspecified atom stereocenters. The van der Waals surface area contributed by atoms with E-state index in [0.717, 1.165) is 5.56 Å². The van der Waals surface area contributed by atoms with Gasteiger partial charge in [-0.2, -0.15) is 0 Å². The lowest BCUT2D eigenvalue weighted by Crippen LogP contribution is -2.57. The van der Waals surface area contributed by atoms with Crippen molar-refractivity contribution in [2.24, 2.45) is 0 Å². The standard InChI is InChI=1S/C45H44N4O12/c1-29(35(51)47-42(2,46-28-50)30-17-9-5-10-18-30)16-8-4-14-22-33-38(54)58-44(59-39(33)55)24-26-45(27-25-44)60-40(56)34(41(57)61-45)23-15-7-13-21-32-36(52)48-43(3,49-37(32)53)31-19-11-6-12-20-31/h4-23,28,47-48,51-52H,24-27H2,1-3H3,(H,46,50)(H,49,53)/b14-4+,15-7+,16-8+,21-13+,33-22?,34-23?,35-29-. The molecule has 1 aliphatic carbocycles. The highest BCUT2D eigenvalue weighted by Crippen LogP contribution is 2.45. The average molecular weight is 833 g/mol. The predicted octanol–water partition coefficient (Wildman–Crippen LogP) is 4.59. The quantitative estimate of drug-likeness (QED) is 0.0327. The van der Waals surface area contributed by atoms with Crippen LogP contribution >= 0.6 is 0 Å². The zero-order valence-corrected chi connectivity index (χ0v) is 33.4. The number of amides is 2. The molecule has 2 amide bonds. The van der Waals surface area contributed by atoms with Crippen LogP contribution in [0.15, 0.2) is 155 Å². The van der Waals surface area contributed by atoms with E-state index >= 15 is 0 Å². The summed E-state index contributed by atoms with van der Waals surface area (Å²) in [5.41, 5.74) is -1.05. The Balaban J connectivity index is 1.000. The maximum atomic E-state index is 13.0. The number of hydrogen-bond donors (Lipinski definition) is 6. The van der Waals surface area contributed by atoms with Gasteiger partial charge in [0, 0.05) is 31.3 Å². The third-order valence-electron chi connectivity index (χ3n) is 10.4. The monoisotopic (exact) mass is 832 g/mol. The van der Waals surface area contributed by atoms with Crippen LogP contribution in [0.5, 0.6) is 0 Å². The first kappa shape index (κ1) is 43.0. The molecule has 6 N–H and O–H groups in total. The first-order valence-electron chi connectivity index (χ1n) is 19.2. The normalized spacial score (nSPS) is 25.7. The van der Waals surface area contributed by atoms with Crippen molar-refractivity contribution < 1.29 is 57.9 Å². The summed E-state index contributed by atoms with van der Waals surface area (Å²) in [6.45, 7) is 5.04. The van der Waals surface area contributed by atoms with Crippen LogP contribution in [0.3, 0.4) is 0 Å². The highest BCUT2D eigenvalue weighted by Gasteiger charge is 2.56. The van der Waals surface area contributed by atoms with Crippen molar-refractivity contribution in [1.29, 1.82) is 0 Å². The first-order chi connectivity index (χ1) is 29.1. The molecule has 2 saturated heterocycles. The van der Waals surface area contributed by atoms with Gasteiger partial charge in [0.25, 0.3) is 17.5 Å². The fourth-order valence-electron chi connectivity index (χ4n) is 6.88. The van der Waals surface area contributed by atoms with Gasteiger partial charge in [0.1, 0.15) is 22.5 Å². The zero-order valence-electron chi connectivity index (χ0n) is 33.4. The van der Waals surface area contributed by atoms with Gasteiger partial charge in [-0.25, -0.2) is 19.2 Å². The van der Waals surface area contributed by atoms with E-state index in [1.807, 2.05) is 24.3 Å². The second-order valence-electron chi connectivity index (χ2n) is 14.8. The van der Waals surface area contributed by atoms with Crippen molar-refractivity contribution in [3.8, 4) is 0 Å². The number of carbonyl (C=O) groups is 6. The molecule has 2 atom stereocenters. The number of carbonyl (C=O) groups excluding carboxylic acids is 6. The molecule has 16 heteroatoms. The molecule has 2 aromatic carbocycles. The molecule has 3 aliphatic heterocycles. The van der Waals surface area contributed by atoms with Crippen LogP contribution in [0.2, 0.25) is 0 Å².